The van der Waals surface area contributed by atoms with Crippen molar-refractivity contribution in [2.75, 3.05) is 32.7 Å². The van der Waals surface area contributed by atoms with E-state index in [4.69, 9.17) is 0 Å². The zero-order chi connectivity index (χ0) is 15.9. The largest absolute Gasteiger partial charge is 0.337 e. The third-order valence-electron chi connectivity index (χ3n) is 4.36. The zero-order valence-electron chi connectivity index (χ0n) is 13.4. The van der Waals surface area contributed by atoms with E-state index in [0.29, 0.717) is 0 Å². The van der Waals surface area contributed by atoms with Gasteiger partial charge in [-0.15, -0.1) is 0 Å². The molecule has 1 amide bonds. The minimum absolute atomic E-state index is 0.154. The van der Waals surface area contributed by atoms with Crippen LogP contribution in [-0.2, 0) is 6.42 Å². The summed E-state index contributed by atoms with van der Waals surface area (Å²) >= 11 is 0. The normalized spacial score (nSPS) is 16.1. The average Bonchev–Trinajstić information content (AvgIpc) is 2.87. The van der Waals surface area contributed by atoms with Gasteiger partial charge in [0, 0.05) is 44.1 Å². The molecular weight excluding hydrogens is 286 g/mol. The Hall–Kier alpha value is -2.20. The van der Waals surface area contributed by atoms with Crippen LogP contribution in [0, 0.1) is 0 Å². The fourth-order valence-electron chi connectivity index (χ4n) is 3.00. The second kappa shape index (κ2) is 7.88. The fraction of sp³-hybridized carbons (Fsp3) is 0.368. The van der Waals surface area contributed by atoms with Crippen molar-refractivity contribution in [3.63, 3.8) is 0 Å². The van der Waals surface area contributed by atoms with Crippen molar-refractivity contribution >= 4 is 5.91 Å². The number of rotatable bonds is 4. The maximum Gasteiger partial charge on any atom is 0.253 e. The smallest absolute Gasteiger partial charge is 0.253 e. The Morgan fingerprint density at radius 1 is 0.957 bits per heavy atom. The first-order chi connectivity index (χ1) is 11.3. The molecule has 2 aromatic rings. The van der Waals surface area contributed by atoms with Crippen molar-refractivity contribution in [1.29, 1.82) is 0 Å². The van der Waals surface area contributed by atoms with Gasteiger partial charge in [-0.25, -0.2) is 0 Å². The molecule has 23 heavy (non-hydrogen) atoms. The predicted octanol–water partition coefficient (Wildman–Crippen LogP) is 2.47. The van der Waals surface area contributed by atoms with E-state index in [1.165, 1.54) is 5.56 Å². The summed E-state index contributed by atoms with van der Waals surface area (Å²) in [5.74, 6) is 0.154. The van der Waals surface area contributed by atoms with Crippen molar-refractivity contribution in [2.45, 2.75) is 12.8 Å². The van der Waals surface area contributed by atoms with Crippen molar-refractivity contribution in [1.82, 2.24) is 14.8 Å². The van der Waals surface area contributed by atoms with E-state index < -0.39 is 0 Å². The lowest BCUT2D eigenvalue weighted by molar-refractivity contribution is 0.0761. The van der Waals surface area contributed by atoms with Gasteiger partial charge < -0.3 is 9.80 Å². The Morgan fingerprint density at radius 2 is 1.74 bits per heavy atom. The summed E-state index contributed by atoms with van der Waals surface area (Å²) in [5.41, 5.74) is 2.11. The maximum absolute atomic E-state index is 12.5. The number of pyridine rings is 1. The number of carbonyl (C=O) groups is 1. The van der Waals surface area contributed by atoms with Gasteiger partial charge in [-0.3, -0.25) is 9.78 Å². The van der Waals surface area contributed by atoms with Gasteiger partial charge in [-0.1, -0.05) is 18.2 Å². The van der Waals surface area contributed by atoms with Crippen LogP contribution in [0.4, 0.5) is 0 Å². The third kappa shape index (κ3) is 4.39. The average molecular weight is 309 g/mol. The SMILES string of the molecule is O=C(c1ccccc1)N1CCCN(CCc2ccncc2)CC1. The Balaban J connectivity index is 1.52. The molecule has 1 aromatic heterocycles. The first-order valence-corrected chi connectivity index (χ1v) is 8.28. The summed E-state index contributed by atoms with van der Waals surface area (Å²) in [5, 5.41) is 0. The molecule has 1 aliphatic heterocycles. The lowest BCUT2D eigenvalue weighted by Crippen LogP contribution is -2.35. The highest BCUT2D eigenvalue weighted by Gasteiger charge is 2.19. The van der Waals surface area contributed by atoms with Gasteiger partial charge in [0.15, 0.2) is 0 Å². The standard InChI is InChI=1S/C19H23N3O/c23-19(18-5-2-1-3-6-18)22-13-4-12-21(15-16-22)14-9-17-7-10-20-11-8-17/h1-3,5-8,10-11H,4,9,12-16H2. The van der Waals surface area contributed by atoms with Gasteiger partial charge in [0.2, 0.25) is 0 Å². The first-order valence-electron chi connectivity index (χ1n) is 8.28. The summed E-state index contributed by atoms with van der Waals surface area (Å²) in [7, 11) is 0. The Kier molecular flexibility index (Phi) is 5.37. The van der Waals surface area contributed by atoms with Crippen LogP contribution >= 0.6 is 0 Å². The molecule has 0 bridgehead atoms. The van der Waals surface area contributed by atoms with Gasteiger partial charge in [0.05, 0.1) is 0 Å². The summed E-state index contributed by atoms with van der Waals surface area (Å²) in [6.07, 6.45) is 5.76. The molecule has 0 atom stereocenters. The summed E-state index contributed by atoms with van der Waals surface area (Å²) < 4.78 is 0. The molecule has 0 radical (unpaired) electrons. The fourth-order valence-corrected chi connectivity index (χ4v) is 3.00. The minimum Gasteiger partial charge on any atom is -0.337 e. The minimum atomic E-state index is 0.154. The molecule has 1 aromatic carbocycles. The van der Waals surface area contributed by atoms with E-state index in [1.807, 2.05) is 47.6 Å². The Morgan fingerprint density at radius 3 is 2.52 bits per heavy atom. The molecule has 3 rings (SSSR count). The van der Waals surface area contributed by atoms with Gasteiger partial charge in [-0.2, -0.15) is 0 Å². The number of hydrogen-bond donors (Lipinski definition) is 0. The second-order valence-electron chi connectivity index (χ2n) is 5.96. The molecule has 0 aliphatic carbocycles. The van der Waals surface area contributed by atoms with Gasteiger partial charge >= 0.3 is 0 Å². The maximum atomic E-state index is 12.5. The van der Waals surface area contributed by atoms with Gasteiger partial charge in [-0.05, 0) is 49.2 Å². The highest BCUT2D eigenvalue weighted by molar-refractivity contribution is 5.94. The van der Waals surface area contributed by atoms with E-state index in [2.05, 4.69) is 22.0 Å². The van der Waals surface area contributed by atoms with Crippen LogP contribution in [0.25, 0.3) is 0 Å². The van der Waals surface area contributed by atoms with Crippen LogP contribution in [0.1, 0.15) is 22.3 Å². The van der Waals surface area contributed by atoms with Crippen LogP contribution < -0.4 is 0 Å². The molecule has 0 N–H and O–H groups in total. The third-order valence-corrected chi connectivity index (χ3v) is 4.36. The van der Waals surface area contributed by atoms with Crippen molar-refractivity contribution in [3.8, 4) is 0 Å². The topological polar surface area (TPSA) is 36.4 Å². The molecule has 4 heteroatoms. The molecule has 2 heterocycles. The lowest BCUT2D eigenvalue weighted by atomic mass is 10.2. The molecule has 1 aliphatic rings. The number of amides is 1. The quantitative estimate of drug-likeness (QED) is 0.870. The van der Waals surface area contributed by atoms with Crippen LogP contribution in [0.3, 0.4) is 0 Å². The number of carbonyl (C=O) groups excluding carboxylic acids is 1. The van der Waals surface area contributed by atoms with E-state index in [9.17, 15) is 4.79 Å². The summed E-state index contributed by atoms with van der Waals surface area (Å²) in [4.78, 5) is 21.0. The van der Waals surface area contributed by atoms with E-state index in [0.717, 1.165) is 51.1 Å². The molecule has 1 saturated heterocycles. The van der Waals surface area contributed by atoms with E-state index >= 15 is 0 Å². The van der Waals surface area contributed by atoms with Crippen molar-refractivity contribution in [2.24, 2.45) is 0 Å². The number of aromatic nitrogens is 1. The van der Waals surface area contributed by atoms with Gasteiger partial charge in [0.25, 0.3) is 5.91 Å². The molecule has 120 valence electrons. The van der Waals surface area contributed by atoms with E-state index in [1.54, 1.807) is 0 Å². The van der Waals surface area contributed by atoms with Crippen LogP contribution in [0.15, 0.2) is 54.9 Å². The van der Waals surface area contributed by atoms with Crippen molar-refractivity contribution in [3.05, 3.63) is 66.0 Å². The first kappa shape index (κ1) is 15.7. The molecule has 0 unspecified atom stereocenters. The molecule has 0 spiro atoms. The van der Waals surface area contributed by atoms with E-state index in [-0.39, 0.29) is 5.91 Å². The van der Waals surface area contributed by atoms with Crippen LogP contribution in [0.2, 0.25) is 0 Å². The molecular formula is C19H23N3O. The summed E-state index contributed by atoms with van der Waals surface area (Å²) in [6, 6.07) is 13.7. The lowest BCUT2D eigenvalue weighted by Gasteiger charge is -2.22. The second-order valence-corrected chi connectivity index (χ2v) is 5.96. The summed E-state index contributed by atoms with van der Waals surface area (Å²) in [6.45, 7) is 4.70. The number of benzene rings is 1. The van der Waals surface area contributed by atoms with Crippen LogP contribution in [-0.4, -0.2) is 53.4 Å². The highest BCUT2D eigenvalue weighted by atomic mass is 16.2. The predicted molar refractivity (Wildman–Crippen MR) is 91.3 cm³/mol. The molecule has 4 nitrogen and oxygen atoms in total. The Labute approximate surface area is 137 Å². The molecule has 0 saturated carbocycles. The monoisotopic (exact) mass is 309 g/mol. The number of hydrogen-bond acceptors (Lipinski definition) is 3. The highest BCUT2D eigenvalue weighted by Crippen LogP contribution is 2.10. The van der Waals surface area contributed by atoms with Crippen LogP contribution in [0.5, 0.6) is 0 Å². The number of nitrogens with zero attached hydrogens (tertiary/aromatic N) is 3. The van der Waals surface area contributed by atoms with Crippen molar-refractivity contribution < 1.29 is 4.79 Å². The zero-order valence-corrected chi connectivity index (χ0v) is 13.4. The van der Waals surface area contributed by atoms with Gasteiger partial charge in [0.1, 0.15) is 0 Å². The molecule has 1 fully saturated rings. The Bertz CT molecular complexity index is 615.